The molecule has 0 saturated carbocycles. The van der Waals surface area contributed by atoms with Crippen LogP contribution in [0.1, 0.15) is 20.3 Å². The Morgan fingerprint density at radius 2 is 2.20 bits per heavy atom. The molecule has 0 aromatic heterocycles. The fraction of sp³-hybridized carbons (Fsp3) is 0.833. The molecule has 0 spiro atoms. The number of aliphatic imine (C=N–C) groups is 1. The molecule has 0 aliphatic carbocycles. The topological polar surface area (TPSA) is 109 Å². The molecular weight excluding hydrogens is 286 g/mol. The summed E-state index contributed by atoms with van der Waals surface area (Å²) in [6.07, 6.45) is -3.49. The van der Waals surface area contributed by atoms with Crippen LogP contribution in [-0.2, 0) is 14.3 Å². The quantitative estimate of drug-likeness (QED) is 0.588. The van der Waals surface area contributed by atoms with Gasteiger partial charge < -0.3 is 24.8 Å². The Kier molecular flexibility index (Phi) is 4.70. The minimum absolute atomic E-state index is 0.0999. The molecule has 2 aliphatic heterocycles. The highest BCUT2D eigenvalue weighted by molar-refractivity contribution is 8.15. The van der Waals surface area contributed by atoms with Gasteiger partial charge in [-0.15, -0.1) is 0 Å². The second kappa shape index (κ2) is 5.98. The second-order valence-electron chi connectivity index (χ2n) is 4.81. The number of ether oxygens (including phenoxy) is 2. The zero-order valence-corrected chi connectivity index (χ0v) is 12.2. The predicted molar refractivity (Wildman–Crippen MR) is 72.4 cm³/mol. The van der Waals surface area contributed by atoms with E-state index in [0.29, 0.717) is 5.04 Å². The first-order valence-corrected chi connectivity index (χ1v) is 7.29. The SMILES string of the molecule is CCOC(=O)C[C@]12O[C@H](CO)[C@H](O)[C@H](O)[C@H]1N=C(C)S2. The van der Waals surface area contributed by atoms with E-state index in [9.17, 15) is 20.1 Å². The van der Waals surface area contributed by atoms with E-state index in [-0.39, 0.29) is 13.0 Å². The average molecular weight is 305 g/mol. The number of hydrogen-bond donors (Lipinski definition) is 3. The van der Waals surface area contributed by atoms with Gasteiger partial charge in [0.25, 0.3) is 0 Å². The molecule has 7 nitrogen and oxygen atoms in total. The van der Waals surface area contributed by atoms with Crippen LogP contribution in [0.15, 0.2) is 4.99 Å². The highest BCUT2D eigenvalue weighted by Gasteiger charge is 2.58. The molecule has 1 fully saturated rings. The molecule has 3 N–H and O–H groups in total. The third-order valence-corrected chi connectivity index (χ3v) is 4.60. The van der Waals surface area contributed by atoms with Crippen molar-refractivity contribution in [3.63, 3.8) is 0 Å². The predicted octanol–water partition coefficient (Wildman–Crippen LogP) is -0.717. The van der Waals surface area contributed by atoms with Crippen LogP contribution in [-0.4, -0.2) is 68.8 Å². The van der Waals surface area contributed by atoms with E-state index in [4.69, 9.17) is 9.47 Å². The van der Waals surface area contributed by atoms with E-state index < -0.39 is 41.9 Å². The lowest BCUT2D eigenvalue weighted by Gasteiger charge is -2.45. The largest absolute Gasteiger partial charge is 0.466 e. The molecule has 114 valence electrons. The zero-order chi connectivity index (χ0) is 14.9. The lowest BCUT2D eigenvalue weighted by atomic mass is 9.91. The van der Waals surface area contributed by atoms with Crippen molar-refractivity contribution < 1.29 is 29.6 Å². The minimum Gasteiger partial charge on any atom is -0.466 e. The van der Waals surface area contributed by atoms with Crippen LogP contribution in [0.4, 0.5) is 0 Å². The Bertz CT molecular complexity index is 417. The molecule has 2 rings (SSSR count). The first-order valence-electron chi connectivity index (χ1n) is 6.47. The van der Waals surface area contributed by atoms with Gasteiger partial charge in [-0.1, -0.05) is 11.8 Å². The number of aliphatic hydroxyl groups is 3. The zero-order valence-electron chi connectivity index (χ0n) is 11.4. The number of carbonyl (C=O) groups excluding carboxylic acids is 1. The van der Waals surface area contributed by atoms with Crippen molar-refractivity contribution in [2.45, 2.75) is 49.6 Å². The van der Waals surface area contributed by atoms with Crippen molar-refractivity contribution in [2.24, 2.45) is 4.99 Å². The summed E-state index contributed by atoms with van der Waals surface area (Å²) in [5.41, 5.74) is 0. The normalized spacial score (nSPS) is 40.1. The highest BCUT2D eigenvalue weighted by atomic mass is 32.2. The molecule has 0 bridgehead atoms. The van der Waals surface area contributed by atoms with Crippen LogP contribution >= 0.6 is 11.8 Å². The summed E-state index contributed by atoms with van der Waals surface area (Å²) in [5.74, 6) is -0.463. The summed E-state index contributed by atoms with van der Waals surface area (Å²) in [7, 11) is 0. The van der Waals surface area contributed by atoms with E-state index in [2.05, 4.69) is 4.99 Å². The van der Waals surface area contributed by atoms with Gasteiger partial charge in [0.2, 0.25) is 0 Å². The summed E-state index contributed by atoms with van der Waals surface area (Å²) in [6.45, 7) is 3.24. The third kappa shape index (κ3) is 2.71. The molecule has 0 radical (unpaired) electrons. The van der Waals surface area contributed by atoms with E-state index in [0.717, 1.165) is 0 Å². The maximum absolute atomic E-state index is 11.8. The number of esters is 1. The van der Waals surface area contributed by atoms with Crippen molar-refractivity contribution in [2.75, 3.05) is 13.2 Å². The summed E-state index contributed by atoms with van der Waals surface area (Å²) in [4.78, 5) is 14.9. The van der Waals surface area contributed by atoms with Crippen LogP contribution in [0.2, 0.25) is 0 Å². The molecule has 20 heavy (non-hydrogen) atoms. The second-order valence-corrected chi connectivity index (χ2v) is 6.29. The number of hydrogen-bond acceptors (Lipinski definition) is 8. The maximum Gasteiger partial charge on any atom is 0.309 e. The Morgan fingerprint density at radius 1 is 1.50 bits per heavy atom. The number of aliphatic hydroxyl groups excluding tert-OH is 3. The summed E-state index contributed by atoms with van der Waals surface area (Å²) >= 11 is 1.22. The molecule has 0 unspecified atom stereocenters. The van der Waals surface area contributed by atoms with Crippen molar-refractivity contribution in [1.82, 2.24) is 0 Å². The van der Waals surface area contributed by atoms with E-state index >= 15 is 0 Å². The van der Waals surface area contributed by atoms with E-state index in [1.165, 1.54) is 11.8 Å². The summed E-state index contributed by atoms with van der Waals surface area (Å²) in [6, 6.07) is -0.755. The number of nitrogens with zero attached hydrogens (tertiary/aromatic N) is 1. The molecule has 5 atom stereocenters. The van der Waals surface area contributed by atoms with Crippen LogP contribution in [0, 0.1) is 0 Å². The van der Waals surface area contributed by atoms with Crippen LogP contribution in [0.5, 0.6) is 0 Å². The molecule has 2 heterocycles. The Labute approximate surface area is 121 Å². The number of thioether (sulfide) groups is 1. The average Bonchev–Trinajstić information content (AvgIpc) is 2.71. The number of fused-ring (bicyclic) bond motifs is 1. The smallest absolute Gasteiger partial charge is 0.309 e. The first kappa shape index (κ1) is 15.7. The Morgan fingerprint density at radius 3 is 2.80 bits per heavy atom. The number of carbonyl (C=O) groups is 1. The lowest BCUT2D eigenvalue weighted by Crippen LogP contribution is -2.62. The number of rotatable bonds is 4. The van der Waals surface area contributed by atoms with Gasteiger partial charge in [-0.25, -0.2) is 0 Å². The van der Waals surface area contributed by atoms with Gasteiger partial charge in [-0.2, -0.15) is 0 Å². The van der Waals surface area contributed by atoms with Crippen molar-refractivity contribution in [3.8, 4) is 0 Å². The van der Waals surface area contributed by atoms with Gasteiger partial charge in [-0.05, 0) is 13.8 Å². The maximum atomic E-state index is 11.8. The molecule has 1 saturated heterocycles. The molecule has 0 amide bonds. The monoisotopic (exact) mass is 305 g/mol. The van der Waals surface area contributed by atoms with Crippen molar-refractivity contribution in [3.05, 3.63) is 0 Å². The van der Waals surface area contributed by atoms with Gasteiger partial charge in [0, 0.05) is 0 Å². The van der Waals surface area contributed by atoms with Crippen LogP contribution in [0.3, 0.4) is 0 Å². The van der Waals surface area contributed by atoms with Gasteiger partial charge in [-0.3, -0.25) is 9.79 Å². The molecular formula is C12H19NO6S. The van der Waals surface area contributed by atoms with E-state index in [1.54, 1.807) is 13.8 Å². The molecule has 0 aromatic rings. The standard InChI is InChI=1S/C12H19NO6S/c1-3-18-8(15)4-12-11(13-6(2)20-12)10(17)9(16)7(5-14)19-12/h7,9-11,14,16-17H,3-5H2,1-2H3/t7-,9+,10+,11-,12-/m1/s1. The fourth-order valence-corrected chi connectivity index (χ4v) is 3.88. The first-order chi connectivity index (χ1) is 9.43. The summed E-state index contributed by atoms with van der Waals surface area (Å²) < 4.78 is 10.6. The van der Waals surface area contributed by atoms with Gasteiger partial charge >= 0.3 is 5.97 Å². The Balaban J connectivity index is 2.25. The van der Waals surface area contributed by atoms with Crippen molar-refractivity contribution >= 4 is 22.8 Å². The molecule has 0 aromatic carbocycles. The Hall–Kier alpha value is -0.670. The fourth-order valence-electron chi connectivity index (χ4n) is 2.53. The van der Waals surface area contributed by atoms with Gasteiger partial charge in [0.15, 0.2) is 4.93 Å². The van der Waals surface area contributed by atoms with Crippen LogP contribution < -0.4 is 0 Å². The van der Waals surface area contributed by atoms with Crippen LogP contribution in [0.25, 0.3) is 0 Å². The van der Waals surface area contributed by atoms with Gasteiger partial charge in [0.1, 0.15) is 24.4 Å². The highest BCUT2D eigenvalue weighted by Crippen LogP contribution is 2.48. The summed E-state index contributed by atoms with van der Waals surface area (Å²) in [5, 5.41) is 30.0. The molecule has 8 heteroatoms. The minimum atomic E-state index is -1.24. The van der Waals surface area contributed by atoms with Crippen molar-refractivity contribution in [1.29, 1.82) is 0 Å². The lowest BCUT2D eigenvalue weighted by molar-refractivity contribution is -0.204. The third-order valence-electron chi connectivity index (χ3n) is 3.37. The molecule has 2 aliphatic rings. The van der Waals surface area contributed by atoms with E-state index in [1.807, 2.05) is 0 Å². The van der Waals surface area contributed by atoms with Gasteiger partial charge in [0.05, 0.1) is 24.7 Å².